The largest absolute Gasteiger partial charge is 0.490 e. The Kier molecular flexibility index (Phi) is 7.37. The van der Waals surface area contributed by atoms with E-state index in [-0.39, 0.29) is 29.2 Å². The molecule has 0 spiro atoms. The minimum Gasteiger partial charge on any atom is -0.490 e. The van der Waals surface area contributed by atoms with Crippen molar-refractivity contribution in [2.45, 2.75) is 26.4 Å². The fourth-order valence-corrected chi connectivity index (χ4v) is 2.18. The SMILES string of the molecule is CCOc1cc(/C=C/C(=O)NCCNC(=O)C2CC2)ccc1OC(F)F. The number of hydrogen-bond acceptors (Lipinski definition) is 4. The highest BCUT2D eigenvalue weighted by atomic mass is 19.3. The third kappa shape index (κ3) is 6.70. The summed E-state index contributed by atoms with van der Waals surface area (Å²) in [6.45, 7) is -0.221. The molecule has 0 atom stereocenters. The Bertz CT molecular complexity index is 661. The molecular weight excluding hydrogens is 346 g/mol. The first-order valence-corrected chi connectivity index (χ1v) is 8.45. The number of amides is 2. The number of hydrogen-bond donors (Lipinski definition) is 2. The van der Waals surface area contributed by atoms with Crippen LogP contribution >= 0.6 is 0 Å². The summed E-state index contributed by atoms with van der Waals surface area (Å²) in [6, 6.07) is 4.42. The summed E-state index contributed by atoms with van der Waals surface area (Å²) in [4.78, 5) is 23.2. The van der Waals surface area contributed by atoms with E-state index in [9.17, 15) is 18.4 Å². The van der Waals surface area contributed by atoms with Gasteiger partial charge < -0.3 is 20.1 Å². The van der Waals surface area contributed by atoms with E-state index < -0.39 is 6.61 Å². The van der Waals surface area contributed by atoms with Crippen LogP contribution in [0.2, 0.25) is 0 Å². The lowest BCUT2D eigenvalue weighted by molar-refractivity contribution is -0.122. The number of benzene rings is 1. The van der Waals surface area contributed by atoms with Crippen molar-refractivity contribution >= 4 is 17.9 Å². The summed E-state index contributed by atoms with van der Waals surface area (Å²) in [6.07, 6.45) is 4.73. The van der Waals surface area contributed by atoms with Gasteiger partial charge in [0.2, 0.25) is 11.8 Å². The molecule has 0 bridgehead atoms. The van der Waals surface area contributed by atoms with Crippen molar-refractivity contribution in [3.8, 4) is 11.5 Å². The second-order valence-electron chi connectivity index (χ2n) is 5.71. The van der Waals surface area contributed by atoms with Crippen molar-refractivity contribution in [1.29, 1.82) is 0 Å². The Morgan fingerprint density at radius 2 is 1.96 bits per heavy atom. The quantitative estimate of drug-likeness (QED) is 0.491. The van der Waals surface area contributed by atoms with Crippen molar-refractivity contribution in [3.63, 3.8) is 0 Å². The van der Waals surface area contributed by atoms with Crippen molar-refractivity contribution in [1.82, 2.24) is 10.6 Å². The van der Waals surface area contributed by atoms with Crippen LogP contribution in [-0.4, -0.2) is 38.1 Å². The molecule has 1 saturated carbocycles. The van der Waals surface area contributed by atoms with Crippen LogP contribution in [-0.2, 0) is 9.59 Å². The van der Waals surface area contributed by atoms with Gasteiger partial charge in [-0.25, -0.2) is 0 Å². The zero-order chi connectivity index (χ0) is 18.9. The van der Waals surface area contributed by atoms with Gasteiger partial charge in [-0.1, -0.05) is 6.07 Å². The van der Waals surface area contributed by atoms with E-state index >= 15 is 0 Å². The Hall–Kier alpha value is -2.64. The minimum absolute atomic E-state index is 0.0318. The Balaban J connectivity index is 1.82. The van der Waals surface area contributed by atoms with Gasteiger partial charge >= 0.3 is 6.61 Å². The molecule has 1 aliphatic rings. The van der Waals surface area contributed by atoms with E-state index in [1.54, 1.807) is 13.0 Å². The molecule has 0 heterocycles. The molecule has 26 heavy (non-hydrogen) atoms. The first kappa shape index (κ1) is 19.7. The van der Waals surface area contributed by atoms with Gasteiger partial charge in [-0.05, 0) is 43.5 Å². The van der Waals surface area contributed by atoms with Crippen LogP contribution in [0.25, 0.3) is 6.08 Å². The molecule has 0 aromatic heterocycles. The molecule has 1 aliphatic carbocycles. The van der Waals surface area contributed by atoms with E-state index in [0.29, 0.717) is 25.3 Å². The van der Waals surface area contributed by atoms with Gasteiger partial charge in [0.05, 0.1) is 6.61 Å². The molecule has 1 aromatic carbocycles. The van der Waals surface area contributed by atoms with Gasteiger partial charge in [-0.15, -0.1) is 0 Å². The Morgan fingerprint density at radius 1 is 1.23 bits per heavy atom. The van der Waals surface area contributed by atoms with E-state index in [4.69, 9.17) is 4.74 Å². The number of carbonyl (C=O) groups is 2. The number of halogens is 2. The summed E-state index contributed by atoms with van der Waals surface area (Å²) in [7, 11) is 0. The minimum atomic E-state index is -2.94. The molecular formula is C18H22F2N2O4. The maximum atomic E-state index is 12.4. The number of rotatable bonds is 10. The summed E-state index contributed by atoms with van der Waals surface area (Å²) >= 11 is 0. The predicted molar refractivity (Wildman–Crippen MR) is 92.0 cm³/mol. The van der Waals surface area contributed by atoms with Gasteiger partial charge in [-0.3, -0.25) is 9.59 Å². The molecule has 8 heteroatoms. The van der Waals surface area contributed by atoms with Crippen LogP contribution < -0.4 is 20.1 Å². The first-order chi connectivity index (χ1) is 12.5. The van der Waals surface area contributed by atoms with Gasteiger partial charge in [0.1, 0.15) is 0 Å². The maximum Gasteiger partial charge on any atom is 0.387 e. The predicted octanol–water partition coefficient (Wildman–Crippen LogP) is 2.34. The number of ether oxygens (including phenoxy) is 2. The second-order valence-corrected chi connectivity index (χ2v) is 5.71. The van der Waals surface area contributed by atoms with E-state index in [1.807, 2.05) is 0 Å². The van der Waals surface area contributed by atoms with Crippen molar-refractivity contribution in [2.75, 3.05) is 19.7 Å². The molecule has 1 fully saturated rings. The monoisotopic (exact) mass is 368 g/mol. The fourth-order valence-electron chi connectivity index (χ4n) is 2.18. The Labute approximate surface area is 150 Å². The average molecular weight is 368 g/mol. The van der Waals surface area contributed by atoms with Crippen LogP contribution in [0.1, 0.15) is 25.3 Å². The standard InChI is InChI=1S/C18H22F2N2O4/c1-2-25-15-11-12(3-7-14(15)26-18(19)20)4-8-16(23)21-9-10-22-17(24)13-5-6-13/h3-4,7-8,11,13,18H,2,5-6,9-10H2,1H3,(H,21,23)(H,22,24)/b8-4+. The van der Waals surface area contributed by atoms with Crippen molar-refractivity contribution < 1.29 is 27.8 Å². The highest BCUT2D eigenvalue weighted by molar-refractivity contribution is 5.91. The van der Waals surface area contributed by atoms with Gasteiger partial charge in [0.15, 0.2) is 11.5 Å². The molecule has 2 N–H and O–H groups in total. The summed E-state index contributed by atoms with van der Waals surface area (Å²) < 4.78 is 34.4. The van der Waals surface area contributed by atoms with Gasteiger partial charge in [0, 0.05) is 25.1 Å². The zero-order valence-electron chi connectivity index (χ0n) is 14.5. The maximum absolute atomic E-state index is 12.4. The smallest absolute Gasteiger partial charge is 0.387 e. The van der Waals surface area contributed by atoms with Crippen LogP contribution in [0.5, 0.6) is 11.5 Å². The van der Waals surface area contributed by atoms with Crippen LogP contribution in [0.3, 0.4) is 0 Å². The molecule has 0 saturated heterocycles. The lowest BCUT2D eigenvalue weighted by Gasteiger charge is -2.11. The van der Waals surface area contributed by atoms with Crippen molar-refractivity contribution in [3.05, 3.63) is 29.8 Å². The lowest BCUT2D eigenvalue weighted by Crippen LogP contribution is -2.34. The van der Waals surface area contributed by atoms with E-state index in [1.165, 1.54) is 24.3 Å². The Morgan fingerprint density at radius 3 is 2.62 bits per heavy atom. The van der Waals surface area contributed by atoms with Gasteiger partial charge in [-0.2, -0.15) is 8.78 Å². The normalized spacial score (nSPS) is 13.7. The summed E-state index contributed by atoms with van der Waals surface area (Å²) in [5, 5.41) is 5.40. The van der Waals surface area contributed by atoms with Gasteiger partial charge in [0.25, 0.3) is 0 Å². The lowest BCUT2D eigenvalue weighted by atomic mass is 10.2. The molecule has 0 radical (unpaired) electrons. The zero-order valence-corrected chi connectivity index (χ0v) is 14.5. The fraction of sp³-hybridized carbons (Fsp3) is 0.444. The topological polar surface area (TPSA) is 76.7 Å². The summed E-state index contributed by atoms with van der Waals surface area (Å²) in [5.41, 5.74) is 0.604. The number of carbonyl (C=O) groups excluding carboxylic acids is 2. The van der Waals surface area contributed by atoms with Crippen LogP contribution in [0.4, 0.5) is 8.78 Å². The van der Waals surface area contributed by atoms with Crippen LogP contribution in [0, 0.1) is 5.92 Å². The highest BCUT2D eigenvalue weighted by Gasteiger charge is 2.28. The average Bonchev–Trinajstić information content (AvgIpc) is 3.43. The second kappa shape index (κ2) is 9.74. The third-order valence-electron chi connectivity index (χ3n) is 3.58. The molecule has 6 nitrogen and oxygen atoms in total. The number of alkyl halides is 2. The third-order valence-corrected chi connectivity index (χ3v) is 3.58. The molecule has 1 aromatic rings. The van der Waals surface area contributed by atoms with Crippen molar-refractivity contribution in [2.24, 2.45) is 5.92 Å². The molecule has 2 rings (SSSR count). The first-order valence-electron chi connectivity index (χ1n) is 8.45. The molecule has 2 amide bonds. The molecule has 0 unspecified atom stereocenters. The number of nitrogens with one attached hydrogen (secondary N) is 2. The molecule has 142 valence electrons. The van der Waals surface area contributed by atoms with E-state index in [2.05, 4.69) is 15.4 Å². The van der Waals surface area contributed by atoms with Crippen LogP contribution in [0.15, 0.2) is 24.3 Å². The summed E-state index contributed by atoms with van der Waals surface area (Å²) in [5.74, 6) is -0.0314. The van der Waals surface area contributed by atoms with E-state index in [0.717, 1.165) is 12.8 Å². The highest BCUT2D eigenvalue weighted by Crippen LogP contribution is 2.30. The molecule has 0 aliphatic heterocycles.